The molecule has 170 valence electrons. The van der Waals surface area contributed by atoms with Crippen molar-refractivity contribution in [2.45, 2.75) is 11.8 Å². The van der Waals surface area contributed by atoms with E-state index < -0.39 is 10.0 Å². The van der Waals surface area contributed by atoms with E-state index in [1.807, 2.05) is 37.2 Å². The Morgan fingerprint density at radius 3 is 2.50 bits per heavy atom. The zero-order valence-electron chi connectivity index (χ0n) is 18.3. The summed E-state index contributed by atoms with van der Waals surface area (Å²) in [5.41, 5.74) is 2.50. The van der Waals surface area contributed by atoms with Gasteiger partial charge in [-0.05, 0) is 36.8 Å². The number of nitrogens with one attached hydrogen (secondary N) is 1. The van der Waals surface area contributed by atoms with Crippen molar-refractivity contribution in [3.63, 3.8) is 0 Å². The fourth-order valence-corrected chi connectivity index (χ4v) is 5.51. The zero-order valence-corrected chi connectivity index (χ0v) is 19.1. The maximum absolute atomic E-state index is 13.3. The molecule has 2 amide bonds. The summed E-state index contributed by atoms with van der Waals surface area (Å²) in [6.07, 6.45) is 0. The highest BCUT2D eigenvalue weighted by molar-refractivity contribution is 7.89. The monoisotopic (exact) mass is 458 g/mol. The van der Waals surface area contributed by atoms with E-state index in [0.29, 0.717) is 35.7 Å². The topological polar surface area (TPSA) is 99.3 Å². The molecule has 32 heavy (non-hydrogen) atoms. The maximum Gasteiger partial charge on any atom is 0.262 e. The number of rotatable bonds is 4. The van der Waals surface area contributed by atoms with Crippen LogP contribution in [0.1, 0.15) is 15.9 Å². The van der Waals surface area contributed by atoms with Crippen molar-refractivity contribution in [3.8, 4) is 5.75 Å². The SMILES string of the molecule is Cc1cc2c(cc1S(=O)(=O)N1CCN(C(=O)c3cccc(N(C)C)c3)CC1)OCC(=O)N2. The molecule has 0 atom stereocenters. The molecule has 0 unspecified atom stereocenters. The van der Waals surface area contributed by atoms with Gasteiger partial charge in [-0.15, -0.1) is 0 Å². The van der Waals surface area contributed by atoms with Gasteiger partial charge in [0.25, 0.3) is 11.8 Å². The van der Waals surface area contributed by atoms with Crippen LogP contribution in [0.5, 0.6) is 5.75 Å². The number of benzene rings is 2. The van der Waals surface area contributed by atoms with Crippen molar-refractivity contribution in [2.24, 2.45) is 0 Å². The first-order valence-corrected chi connectivity index (χ1v) is 11.7. The number of aryl methyl sites for hydroxylation is 1. The predicted octanol–water partition coefficient (Wildman–Crippen LogP) is 1.54. The third-order valence-corrected chi connectivity index (χ3v) is 7.70. The molecule has 9 nitrogen and oxygen atoms in total. The van der Waals surface area contributed by atoms with Crippen LogP contribution in [0.15, 0.2) is 41.3 Å². The van der Waals surface area contributed by atoms with Gasteiger partial charge in [0.15, 0.2) is 6.61 Å². The summed E-state index contributed by atoms with van der Waals surface area (Å²) < 4.78 is 33.4. The second-order valence-electron chi connectivity index (χ2n) is 8.09. The van der Waals surface area contributed by atoms with Gasteiger partial charge in [-0.3, -0.25) is 9.59 Å². The molecule has 2 aliphatic heterocycles. The number of fused-ring (bicyclic) bond motifs is 1. The first kappa shape index (κ1) is 22.1. The third kappa shape index (κ3) is 4.15. The quantitative estimate of drug-likeness (QED) is 0.746. The van der Waals surface area contributed by atoms with Crippen LogP contribution < -0.4 is 15.0 Å². The van der Waals surface area contributed by atoms with Gasteiger partial charge in [-0.1, -0.05) is 6.07 Å². The van der Waals surface area contributed by atoms with Gasteiger partial charge in [0.05, 0.1) is 10.6 Å². The molecule has 0 spiro atoms. The lowest BCUT2D eigenvalue weighted by Gasteiger charge is -2.34. The molecule has 0 aromatic heterocycles. The minimum atomic E-state index is -3.78. The second kappa shape index (κ2) is 8.44. The number of ether oxygens (including phenoxy) is 1. The summed E-state index contributed by atoms with van der Waals surface area (Å²) in [4.78, 5) is 28.2. The van der Waals surface area contributed by atoms with Crippen LogP contribution in [0, 0.1) is 6.92 Å². The van der Waals surface area contributed by atoms with E-state index in [0.717, 1.165) is 5.69 Å². The van der Waals surface area contributed by atoms with Crippen LogP contribution >= 0.6 is 0 Å². The van der Waals surface area contributed by atoms with E-state index >= 15 is 0 Å². The Balaban J connectivity index is 1.49. The number of nitrogens with zero attached hydrogens (tertiary/aromatic N) is 3. The van der Waals surface area contributed by atoms with Crippen molar-refractivity contribution < 1.29 is 22.7 Å². The van der Waals surface area contributed by atoms with Crippen molar-refractivity contribution in [1.29, 1.82) is 0 Å². The van der Waals surface area contributed by atoms with Gasteiger partial charge in [-0.2, -0.15) is 4.31 Å². The van der Waals surface area contributed by atoms with Crippen LogP contribution in [0.2, 0.25) is 0 Å². The molecule has 1 fully saturated rings. The van der Waals surface area contributed by atoms with Crippen LogP contribution in [0.4, 0.5) is 11.4 Å². The number of piperazine rings is 1. The van der Waals surface area contributed by atoms with E-state index in [2.05, 4.69) is 5.32 Å². The van der Waals surface area contributed by atoms with Gasteiger partial charge < -0.3 is 19.9 Å². The summed E-state index contributed by atoms with van der Waals surface area (Å²) in [7, 11) is 0.0477. The smallest absolute Gasteiger partial charge is 0.262 e. The number of carbonyl (C=O) groups is 2. The number of hydrogen-bond acceptors (Lipinski definition) is 6. The lowest BCUT2D eigenvalue weighted by molar-refractivity contribution is -0.118. The average molecular weight is 459 g/mol. The summed E-state index contributed by atoms with van der Waals surface area (Å²) in [6.45, 7) is 2.56. The highest BCUT2D eigenvalue weighted by Gasteiger charge is 2.33. The third-order valence-electron chi connectivity index (χ3n) is 5.66. The molecule has 4 rings (SSSR count). The molecule has 0 bridgehead atoms. The lowest BCUT2D eigenvalue weighted by Crippen LogP contribution is -2.50. The van der Waals surface area contributed by atoms with E-state index in [-0.39, 0.29) is 36.4 Å². The number of sulfonamides is 1. The highest BCUT2D eigenvalue weighted by atomic mass is 32.2. The van der Waals surface area contributed by atoms with E-state index in [1.54, 1.807) is 24.0 Å². The molecular weight excluding hydrogens is 432 g/mol. The molecule has 2 aromatic carbocycles. The Morgan fingerprint density at radius 1 is 1.09 bits per heavy atom. The average Bonchev–Trinajstić information content (AvgIpc) is 2.78. The fraction of sp³-hybridized carbons (Fsp3) is 0.364. The highest BCUT2D eigenvalue weighted by Crippen LogP contribution is 2.34. The first-order valence-electron chi connectivity index (χ1n) is 10.3. The van der Waals surface area contributed by atoms with Crippen LogP contribution in [-0.4, -0.2) is 76.3 Å². The van der Waals surface area contributed by atoms with Gasteiger partial charge >= 0.3 is 0 Å². The van der Waals surface area contributed by atoms with E-state index in [1.165, 1.54) is 10.4 Å². The predicted molar refractivity (Wildman–Crippen MR) is 121 cm³/mol. The Labute approximate surface area is 187 Å². The summed E-state index contributed by atoms with van der Waals surface area (Å²) >= 11 is 0. The number of carbonyl (C=O) groups excluding carboxylic acids is 2. The molecule has 1 N–H and O–H groups in total. The van der Waals surface area contributed by atoms with Crippen molar-refractivity contribution in [3.05, 3.63) is 47.5 Å². The standard InChI is InChI=1S/C22H26N4O5S/c1-15-11-18-19(31-14-21(27)23-18)13-20(15)32(29,30)26-9-7-25(8-10-26)22(28)16-5-4-6-17(12-16)24(2)3/h4-6,11-13H,7-10,14H2,1-3H3,(H,23,27). The largest absolute Gasteiger partial charge is 0.482 e. The first-order chi connectivity index (χ1) is 15.2. The van der Waals surface area contributed by atoms with E-state index in [9.17, 15) is 18.0 Å². The molecule has 2 aromatic rings. The number of anilines is 2. The van der Waals surface area contributed by atoms with Gasteiger partial charge in [0.1, 0.15) is 5.75 Å². The van der Waals surface area contributed by atoms with Crippen molar-refractivity contribution >= 4 is 33.2 Å². The molecule has 2 aliphatic rings. The van der Waals surface area contributed by atoms with Crippen LogP contribution in [-0.2, 0) is 14.8 Å². The summed E-state index contributed by atoms with van der Waals surface area (Å²) in [5, 5.41) is 2.68. The van der Waals surface area contributed by atoms with Crippen LogP contribution in [0.25, 0.3) is 0 Å². The van der Waals surface area contributed by atoms with E-state index in [4.69, 9.17) is 4.74 Å². The van der Waals surface area contributed by atoms with Gasteiger partial charge in [0, 0.05) is 57.6 Å². The minimum absolute atomic E-state index is 0.111. The maximum atomic E-state index is 13.3. The lowest BCUT2D eigenvalue weighted by atomic mass is 10.1. The molecule has 0 aliphatic carbocycles. The molecule has 1 saturated heterocycles. The second-order valence-corrected chi connectivity index (χ2v) is 10.00. The summed E-state index contributed by atoms with van der Waals surface area (Å²) in [5.74, 6) is -0.0485. The molecule has 10 heteroatoms. The van der Waals surface area contributed by atoms with Gasteiger partial charge in [0.2, 0.25) is 10.0 Å². The zero-order chi connectivity index (χ0) is 23.0. The van der Waals surface area contributed by atoms with Crippen molar-refractivity contribution in [1.82, 2.24) is 9.21 Å². The number of hydrogen-bond donors (Lipinski definition) is 1. The molecule has 2 heterocycles. The Bertz CT molecular complexity index is 1170. The normalized spacial score (nSPS) is 16.7. The Morgan fingerprint density at radius 2 is 1.81 bits per heavy atom. The fourth-order valence-electron chi connectivity index (χ4n) is 3.86. The molecule has 0 radical (unpaired) electrons. The van der Waals surface area contributed by atoms with Gasteiger partial charge in [-0.25, -0.2) is 8.42 Å². The summed E-state index contributed by atoms with van der Waals surface area (Å²) in [6, 6.07) is 10.4. The molecular formula is C22H26N4O5S. The minimum Gasteiger partial charge on any atom is -0.482 e. The van der Waals surface area contributed by atoms with Crippen LogP contribution in [0.3, 0.4) is 0 Å². The van der Waals surface area contributed by atoms with Crippen molar-refractivity contribution in [2.75, 3.05) is 57.1 Å². The number of amides is 2. The Hall–Kier alpha value is -3.11. The molecule has 0 saturated carbocycles. The Kier molecular flexibility index (Phi) is 5.83.